The molecular formula is C11H15Cl2NO2S. The highest BCUT2D eigenvalue weighted by Gasteiger charge is 2.22. The Kier molecular flexibility index (Phi) is 5.73. The Morgan fingerprint density at radius 2 is 1.76 bits per heavy atom. The first-order valence-electron chi connectivity index (χ1n) is 5.34. The number of alkyl halides is 1. The number of benzene rings is 1. The normalized spacial score (nSPS) is 12.0. The van der Waals surface area contributed by atoms with Crippen LogP contribution >= 0.6 is 23.2 Å². The fourth-order valence-corrected chi connectivity index (χ4v) is 3.41. The second kappa shape index (κ2) is 6.59. The maximum atomic E-state index is 12.2. The van der Waals surface area contributed by atoms with Crippen molar-refractivity contribution in [2.24, 2.45) is 0 Å². The lowest BCUT2D eigenvalue weighted by atomic mass is 10.4. The lowest BCUT2D eigenvalue weighted by Crippen LogP contribution is -2.33. The third-order valence-electron chi connectivity index (χ3n) is 2.26. The number of halogens is 2. The van der Waals surface area contributed by atoms with E-state index in [4.69, 9.17) is 23.2 Å². The third kappa shape index (κ3) is 3.85. The third-order valence-corrected chi connectivity index (χ3v) is 4.59. The largest absolute Gasteiger partial charge is 0.243 e. The van der Waals surface area contributed by atoms with E-state index in [-0.39, 0.29) is 10.8 Å². The van der Waals surface area contributed by atoms with Crippen LogP contribution in [0.2, 0.25) is 5.02 Å². The van der Waals surface area contributed by atoms with Crippen LogP contribution in [0.15, 0.2) is 29.2 Å². The molecule has 1 aromatic carbocycles. The van der Waals surface area contributed by atoms with Crippen LogP contribution in [0.3, 0.4) is 0 Å². The minimum atomic E-state index is -3.45. The van der Waals surface area contributed by atoms with Crippen molar-refractivity contribution in [3.8, 4) is 0 Å². The van der Waals surface area contributed by atoms with Crippen molar-refractivity contribution in [3.05, 3.63) is 29.3 Å². The van der Waals surface area contributed by atoms with Crippen molar-refractivity contribution in [1.82, 2.24) is 4.31 Å². The Morgan fingerprint density at radius 3 is 2.24 bits per heavy atom. The first kappa shape index (κ1) is 14.8. The van der Waals surface area contributed by atoms with E-state index in [0.717, 1.165) is 6.42 Å². The van der Waals surface area contributed by atoms with E-state index >= 15 is 0 Å². The zero-order valence-corrected chi connectivity index (χ0v) is 11.9. The molecule has 0 aliphatic carbocycles. The highest BCUT2D eigenvalue weighted by atomic mass is 35.5. The molecule has 0 radical (unpaired) electrons. The van der Waals surface area contributed by atoms with E-state index in [1.807, 2.05) is 6.92 Å². The molecule has 1 rings (SSSR count). The van der Waals surface area contributed by atoms with Gasteiger partial charge in [0.25, 0.3) is 0 Å². The molecule has 0 aliphatic rings. The molecule has 0 spiro atoms. The lowest BCUT2D eigenvalue weighted by Gasteiger charge is -2.20. The molecule has 96 valence electrons. The highest BCUT2D eigenvalue weighted by Crippen LogP contribution is 2.18. The Balaban J connectivity index is 3.02. The van der Waals surface area contributed by atoms with Gasteiger partial charge in [-0.3, -0.25) is 0 Å². The van der Waals surface area contributed by atoms with Crippen LogP contribution in [-0.4, -0.2) is 31.7 Å². The minimum Gasteiger partial charge on any atom is -0.207 e. The Labute approximate surface area is 112 Å². The zero-order valence-electron chi connectivity index (χ0n) is 9.57. The fourth-order valence-electron chi connectivity index (χ4n) is 1.45. The van der Waals surface area contributed by atoms with Gasteiger partial charge in [-0.15, -0.1) is 11.6 Å². The molecule has 0 amide bonds. The Bertz CT molecular complexity index is 439. The first-order valence-corrected chi connectivity index (χ1v) is 7.69. The maximum absolute atomic E-state index is 12.2. The molecule has 0 aromatic heterocycles. The zero-order chi connectivity index (χ0) is 12.9. The summed E-state index contributed by atoms with van der Waals surface area (Å²) in [4.78, 5) is 0.250. The number of sulfonamides is 1. The van der Waals surface area contributed by atoms with Crippen LogP contribution in [-0.2, 0) is 10.0 Å². The molecule has 0 saturated carbocycles. The monoisotopic (exact) mass is 295 g/mol. The summed E-state index contributed by atoms with van der Waals surface area (Å²) in [5.74, 6) is 0.285. The van der Waals surface area contributed by atoms with Crippen LogP contribution in [0.1, 0.15) is 13.3 Å². The molecule has 6 heteroatoms. The van der Waals surface area contributed by atoms with Crippen molar-refractivity contribution in [2.75, 3.05) is 19.0 Å². The summed E-state index contributed by atoms with van der Waals surface area (Å²) in [5.41, 5.74) is 0. The van der Waals surface area contributed by atoms with Crippen molar-refractivity contribution >= 4 is 33.2 Å². The minimum absolute atomic E-state index is 0.250. The van der Waals surface area contributed by atoms with Crippen LogP contribution in [0.4, 0.5) is 0 Å². The van der Waals surface area contributed by atoms with Gasteiger partial charge in [0, 0.05) is 24.0 Å². The smallest absolute Gasteiger partial charge is 0.207 e. The van der Waals surface area contributed by atoms with E-state index in [9.17, 15) is 8.42 Å². The summed E-state index contributed by atoms with van der Waals surface area (Å²) in [6.07, 6.45) is 0.754. The van der Waals surface area contributed by atoms with Crippen LogP contribution < -0.4 is 0 Å². The Hall–Kier alpha value is -0.290. The highest BCUT2D eigenvalue weighted by molar-refractivity contribution is 7.89. The van der Waals surface area contributed by atoms with Gasteiger partial charge in [-0.2, -0.15) is 4.31 Å². The van der Waals surface area contributed by atoms with Gasteiger partial charge in [0.2, 0.25) is 10.0 Å². The standard InChI is InChI=1S/C11H15Cl2NO2S/c1-2-8-14(9-7-12)17(15,16)11-5-3-10(13)4-6-11/h3-6H,2,7-9H2,1H3. The molecule has 0 aliphatic heterocycles. The van der Waals surface area contributed by atoms with E-state index in [2.05, 4.69) is 0 Å². The predicted molar refractivity (Wildman–Crippen MR) is 71.2 cm³/mol. The maximum Gasteiger partial charge on any atom is 0.243 e. The molecule has 3 nitrogen and oxygen atoms in total. The van der Waals surface area contributed by atoms with Gasteiger partial charge in [0.1, 0.15) is 0 Å². The SMILES string of the molecule is CCCN(CCCl)S(=O)(=O)c1ccc(Cl)cc1. The molecule has 1 aromatic rings. The molecule has 0 N–H and O–H groups in total. The van der Waals surface area contributed by atoms with Gasteiger partial charge in [-0.05, 0) is 30.7 Å². The molecule has 0 saturated heterocycles. The summed E-state index contributed by atoms with van der Waals surface area (Å²) in [5, 5.41) is 0.517. The van der Waals surface area contributed by atoms with Gasteiger partial charge >= 0.3 is 0 Å². The van der Waals surface area contributed by atoms with E-state index in [1.54, 1.807) is 12.1 Å². The molecule has 0 unspecified atom stereocenters. The van der Waals surface area contributed by atoms with Gasteiger partial charge in [-0.25, -0.2) is 8.42 Å². The van der Waals surface area contributed by atoms with Crippen LogP contribution in [0.25, 0.3) is 0 Å². The number of nitrogens with zero attached hydrogens (tertiary/aromatic N) is 1. The number of rotatable bonds is 6. The molecular weight excluding hydrogens is 281 g/mol. The van der Waals surface area contributed by atoms with E-state index < -0.39 is 10.0 Å². The fraction of sp³-hybridized carbons (Fsp3) is 0.455. The summed E-state index contributed by atoms with van der Waals surface area (Å²) in [6, 6.07) is 6.15. The quantitative estimate of drug-likeness (QED) is 0.757. The first-order chi connectivity index (χ1) is 8.02. The van der Waals surface area contributed by atoms with Gasteiger partial charge in [-0.1, -0.05) is 18.5 Å². The molecule has 0 heterocycles. The van der Waals surface area contributed by atoms with Gasteiger partial charge in [0.15, 0.2) is 0 Å². The van der Waals surface area contributed by atoms with Crippen LogP contribution in [0.5, 0.6) is 0 Å². The molecule has 0 bridgehead atoms. The van der Waals surface area contributed by atoms with Gasteiger partial charge < -0.3 is 0 Å². The number of hydrogen-bond acceptors (Lipinski definition) is 2. The summed E-state index contributed by atoms with van der Waals surface area (Å²) in [6.45, 7) is 2.72. The molecule has 0 fully saturated rings. The van der Waals surface area contributed by atoms with Crippen LogP contribution in [0, 0.1) is 0 Å². The molecule has 0 atom stereocenters. The number of hydrogen-bond donors (Lipinski definition) is 0. The van der Waals surface area contributed by atoms with Crippen molar-refractivity contribution < 1.29 is 8.42 Å². The van der Waals surface area contributed by atoms with Gasteiger partial charge in [0.05, 0.1) is 4.90 Å². The van der Waals surface area contributed by atoms with Crippen molar-refractivity contribution in [1.29, 1.82) is 0 Å². The Morgan fingerprint density at radius 1 is 1.18 bits per heavy atom. The lowest BCUT2D eigenvalue weighted by molar-refractivity contribution is 0.428. The second-order valence-electron chi connectivity index (χ2n) is 3.55. The van der Waals surface area contributed by atoms with E-state index in [0.29, 0.717) is 18.1 Å². The second-order valence-corrected chi connectivity index (χ2v) is 6.30. The average molecular weight is 296 g/mol. The topological polar surface area (TPSA) is 37.4 Å². The molecule has 17 heavy (non-hydrogen) atoms. The van der Waals surface area contributed by atoms with E-state index in [1.165, 1.54) is 16.4 Å². The van der Waals surface area contributed by atoms with Crippen molar-refractivity contribution in [2.45, 2.75) is 18.2 Å². The summed E-state index contributed by atoms with van der Waals surface area (Å²) >= 11 is 11.4. The summed E-state index contributed by atoms with van der Waals surface area (Å²) < 4.78 is 25.9. The van der Waals surface area contributed by atoms with Crippen molar-refractivity contribution in [3.63, 3.8) is 0 Å². The predicted octanol–water partition coefficient (Wildman–Crippen LogP) is 2.98. The average Bonchev–Trinajstić information content (AvgIpc) is 2.29. The summed E-state index contributed by atoms with van der Waals surface area (Å²) in [7, 11) is -3.45.